The highest BCUT2D eigenvalue weighted by Crippen LogP contribution is 2.19. The molecule has 27 heavy (non-hydrogen) atoms. The zero-order chi connectivity index (χ0) is 19.4. The number of carbonyl (C=O) groups excluding carboxylic acids is 1. The fourth-order valence-electron chi connectivity index (χ4n) is 2.85. The molecule has 2 N–H and O–H groups in total. The second-order valence-electron chi connectivity index (χ2n) is 6.02. The van der Waals surface area contributed by atoms with Crippen LogP contribution in [0.1, 0.15) is 15.9 Å². The molecular weight excluding hydrogens is 348 g/mol. The highest BCUT2D eigenvalue weighted by molar-refractivity contribution is 6.07. The Balaban J connectivity index is 1.80. The van der Waals surface area contributed by atoms with Crippen LogP contribution in [0.3, 0.4) is 0 Å². The molecule has 1 amide bonds. The molecule has 0 aromatic heterocycles. The molecule has 3 aromatic carbocycles. The first-order chi connectivity index (χ1) is 13.0. The van der Waals surface area contributed by atoms with Crippen LogP contribution < -0.4 is 5.32 Å². The molecule has 0 saturated heterocycles. The predicted octanol–water partition coefficient (Wildman–Crippen LogP) is 3.17. The predicted molar refractivity (Wildman–Crippen MR) is 99.6 cm³/mol. The second-order valence-corrected chi connectivity index (χ2v) is 6.02. The quantitative estimate of drug-likeness (QED) is 0.516. The number of rotatable bonds is 6. The van der Waals surface area contributed by atoms with Gasteiger partial charge in [-0.2, -0.15) is 0 Å². The van der Waals surface area contributed by atoms with Gasteiger partial charge in [0.1, 0.15) is 6.04 Å². The van der Waals surface area contributed by atoms with E-state index in [1.165, 1.54) is 24.3 Å². The first kappa shape index (κ1) is 18.1. The fourth-order valence-corrected chi connectivity index (χ4v) is 2.85. The van der Waals surface area contributed by atoms with Crippen LogP contribution in [0.15, 0.2) is 66.7 Å². The zero-order valence-electron chi connectivity index (χ0n) is 14.2. The number of amides is 1. The molecular formula is C20H16N2O5. The number of non-ortho nitro benzene ring substituents is 1. The van der Waals surface area contributed by atoms with E-state index in [2.05, 4.69) is 5.32 Å². The van der Waals surface area contributed by atoms with Gasteiger partial charge in [0.2, 0.25) is 0 Å². The summed E-state index contributed by atoms with van der Waals surface area (Å²) in [5.41, 5.74) is 0.889. The molecule has 0 aliphatic rings. The number of aliphatic carboxylic acids is 1. The lowest BCUT2D eigenvalue weighted by molar-refractivity contribution is -0.384. The summed E-state index contributed by atoms with van der Waals surface area (Å²) in [5, 5.41) is 24.3. The minimum absolute atomic E-state index is 0.0177. The van der Waals surface area contributed by atoms with Crippen LogP contribution in [-0.4, -0.2) is 27.9 Å². The van der Waals surface area contributed by atoms with Gasteiger partial charge in [0, 0.05) is 24.1 Å². The van der Waals surface area contributed by atoms with Crippen LogP contribution in [0.2, 0.25) is 0 Å². The maximum Gasteiger partial charge on any atom is 0.326 e. The number of carbonyl (C=O) groups is 2. The van der Waals surface area contributed by atoms with E-state index in [0.717, 1.165) is 10.8 Å². The summed E-state index contributed by atoms with van der Waals surface area (Å²) in [7, 11) is 0. The van der Waals surface area contributed by atoms with E-state index < -0.39 is 22.8 Å². The molecule has 0 fully saturated rings. The molecule has 7 heteroatoms. The number of nitrogens with one attached hydrogen (secondary N) is 1. The monoisotopic (exact) mass is 364 g/mol. The molecule has 0 aliphatic carbocycles. The average Bonchev–Trinajstić information content (AvgIpc) is 2.67. The lowest BCUT2D eigenvalue weighted by Crippen LogP contribution is -2.42. The molecule has 0 heterocycles. The summed E-state index contributed by atoms with van der Waals surface area (Å²) >= 11 is 0. The number of benzene rings is 3. The molecule has 0 unspecified atom stereocenters. The standard InChI is InChI=1S/C20H16N2O5/c23-19(17-7-3-5-14-4-1-2-6-16(14)17)21-18(20(24)25)12-13-8-10-15(11-9-13)22(26)27/h1-11,18H,12H2,(H,21,23)(H,24,25)/t18-/m0/s1. The van der Waals surface area contributed by atoms with Crippen molar-refractivity contribution in [3.05, 3.63) is 88.0 Å². The number of nitro groups is 1. The number of carboxylic acids is 1. The van der Waals surface area contributed by atoms with Gasteiger partial charge in [-0.15, -0.1) is 0 Å². The van der Waals surface area contributed by atoms with Crippen LogP contribution in [0.25, 0.3) is 10.8 Å². The molecule has 7 nitrogen and oxygen atoms in total. The van der Waals surface area contributed by atoms with Gasteiger partial charge in [0.15, 0.2) is 0 Å². The zero-order valence-corrected chi connectivity index (χ0v) is 14.2. The summed E-state index contributed by atoms with van der Waals surface area (Å²) < 4.78 is 0. The molecule has 3 aromatic rings. The van der Waals surface area contributed by atoms with Gasteiger partial charge < -0.3 is 10.4 Å². The summed E-state index contributed by atoms with van der Waals surface area (Å²) in [6.45, 7) is 0. The van der Waals surface area contributed by atoms with Crippen LogP contribution in [-0.2, 0) is 11.2 Å². The largest absolute Gasteiger partial charge is 0.480 e. The van der Waals surface area contributed by atoms with Gasteiger partial charge in [-0.05, 0) is 22.4 Å². The van der Waals surface area contributed by atoms with Crippen molar-refractivity contribution in [2.45, 2.75) is 12.5 Å². The number of carboxylic acid groups (broad SMARTS) is 1. The Bertz CT molecular complexity index is 1010. The van der Waals surface area contributed by atoms with E-state index in [4.69, 9.17) is 0 Å². The Morgan fingerprint density at radius 1 is 1.00 bits per heavy atom. The van der Waals surface area contributed by atoms with E-state index in [9.17, 15) is 24.8 Å². The van der Waals surface area contributed by atoms with Gasteiger partial charge in [0.05, 0.1) is 4.92 Å². The van der Waals surface area contributed by atoms with Gasteiger partial charge in [-0.3, -0.25) is 14.9 Å². The maximum atomic E-state index is 12.6. The Kier molecular flexibility index (Phi) is 5.12. The van der Waals surface area contributed by atoms with Crippen molar-refractivity contribution >= 4 is 28.3 Å². The van der Waals surface area contributed by atoms with Crippen LogP contribution in [0.5, 0.6) is 0 Å². The first-order valence-electron chi connectivity index (χ1n) is 8.20. The number of nitro benzene ring substituents is 1. The summed E-state index contributed by atoms with van der Waals surface area (Å²) in [4.78, 5) is 34.4. The van der Waals surface area contributed by atoms with Crippen molar-refractivity contribution in [1.82, 2.24) is 5.32 Å². The number of nitrogens with zero attached hydrogens (tertiary/aromatic N) is 1. The van der Waals surface area contributed by atoms with Gasteiger partial charge in [-0.1, -0.05) is 48.5 Å². The van der Waals surface area contributed by atoms with Crippen molar-refractivity contribution in [2.75, 3.05) is 0 Å². The first-order valence-corrected chi connectivity index (χ1v) is 8.20. The third-order valence-electron chi connectivity index (χ3n) is 4.22. The summed E-state index contributed by atoms with van der Waals surface area (Å²) in [5.74, 6) is -1.66. The highest BCUT2D eigenvalue weighted by Gasteiger charge is 2.22. The van der Waals surface area contributed by atoms with Crippen molar-refractivity contribution in [3.63, 3.8) is 0 Å². The second kappa shape index (κ2) is 7.65. The summed E-state index contributed by atoms with van der Waals surface area (Å²) in [6.07, 6.45) is 0.0177. The third-order valence-corrected chi connectivity index (χ3v) is 4.22. The Hall–Kier alpha value is -3.74. The molecule has 3 rings (SSSR count). The molecule has 0 spiro atoms. The van der Waals surface area contributed by atoms with Crippen LogP contribution >= 0.6 is 0 Å². The molecule has 0 bridgehead atoms. The number of hydrogen-bond donors (Lipinski definition) is 2. The van der Waals surface area contributed by atoms with Crippen molar-refractivity contribution in [1.29, 1.82) is 0 Å². The van der Waals surface area contributed by atoms with Gasteiger partial charge >= 0.3 is 5.97 Å². The fraction of sp³-hybridized carbons (Fsp3) is 0.100. The topological polar surface area (TPSA) is 110 Å². The van der Waals surface area contributed by atoms with Crippen LogP contribution in [0.4, 0.5) is 5.69 Å². The minimum atomic E-state index is -1.18. The Morgan fingerprint density at radius 2 is 1.67 bits per heavy atom. The van der Waals surface area contributed by atoms with Crippen molar-refractivity contribution in [3.8, 4) is 0 Å². The lowest BCUT2D eigenvalue weighted by Gasteiger charge is -2.15. The molecule has 0 aliphatic heterocycles. The Morgan fingerprint density at radius 3 is 2.33 bits per heavy atom. The van der Waals surface area contributed by atoms with Gasteiger partial charge in [0.25, 0.3) is 11.6 Å². The van der Waals surface area contributed by atoms with Crippen LogP contribution in [0, 0.1) is 10.1 Å². The third kappa shape index (κ3) is 4.09. The SMILES string of the molecule is O=C(N[C@@H](Cc1ccc([N+](=O)[O-])cc1)C(=O)O)c1cccc2ccccc12. The average molecular weight is 364 g/mol. The normalized spacial score (nSPS) is 11.7. The Labute approximate surface area is 154 Å². The van der Waals surface area contributed by atoms with E-state index in [-0.39, 0.29) is 12.1 Å². The van der Waals surface area contributed by atoms with E-state index >= 15 is 0 Å². The lowest BCUT2D eigenvalue weighted by atomic mass is 10.0. The number of fused-ring (bicyclic) bond motifs is 1. The number of hydrogen-bond acceptors (Lipinski definition) is 4. The molecule has 136 valence electrons. The summed E-state index contributed by atoms with van der Waals surface area (Å²) in [6, 6.07) is 17.0. The van der Waals surface area contributed by atoms with E-state index in [0.29, 0.717) is 11.1 Å². The van der Waals surface area contributed by atoms with E-state index in [1.807, 2.05) is 24.3 Å². The molecule has 0 saturated carbocycles. The van der Waals surface area contributed by atoms with Crippen molar-refractivity contribution < 1.29 is 19.6 Å². The minimum Gasteiger partial charge on any atom is -0.480 e. The maximum absolute atomic E-state index is 12.6. The van der Waals surface area contributed by atoms with Gasteiger partial charge in [-0.25, -0.2) is 4.79 Å². The molecule has 1 atom stereocenters. The van der Waals surface area contributed by atoms with E-state index in [1.54, 1.807) is 18.2 Å². The smallest absolute Gasteiger partial charge is 0.326 e. The molecule has 0 radical (unpaired) electrons. The van der Waals surface area contributed by atoms with Crippen molar-refractivity contribution in [2.24, 2.45) is 0 Å². The highest BCUT2D eigenvalue weighted by atomic mass is 16.6.